The van der Waals surface area contributed by atoms with Gasteiger partial charge < -0.3 is 16.0 Å². The van der Waals surface area contributed by atoms with Crippen LogP contribution in [-0.2, 0) is 10.0 Å². The zero-order chi connectivity index (χ0) is 22.7. The zero-order valence-corrected chi connectivity index (χ0v) is 19.6. The molecule has 0 aliphatic carbocycles. The van der Waals surface area contributed by atoms with Crippen molar-refractivity contribution < 1.29 is 8.42 Å². The van der Waals surface area contributed by atoms with E-state index < -0.39 is 10.0 Å². The number of fused-ring (bicyclic) bond motifs is 1. The van der Waals surface area contributed by atoms with E-state index in [4.69, 9.17) is 17.4 Å². The number of nitrogens with one attached hydrogen (secondary N) is 3. The van der Waals surface area contributed by atoms with Gasteiger partial charge in [-0.05, 0) is 72.9 Å². The molecule has 0 fully saturated rings. The van der Waals surface area contributed by atoms with Crippen molar-refractivity contribution >= 4 is 77.1 Å². The van der Waals surface area contributed by atoms with E-state index in [0.717, 1.165) is 26.8 Å². The van der Waals surface area contributed by atoms with Crippen molar-refractivity contribution in [1.29, 1.82) is 0 Å². The van der Waals surface area contributed by atoms with Crippen LogP contribution in [0.1, 0.15) is 0 Å². The Morgan fingerprint density at radius 3 is 2.34 bits per heavy atom. The number of nitrogens with zero attached hydrogens (tertiary/aromatic N) is 2. The first-order valence-electron chi connectivity index (χ1n) is 9.26. The van der Waals surface area contributed by atoms with Crippen LogP contribution in [0.25, 0.3) is 10.9 Å². The van der Waals surface area contributed by atoms with Crippen LogP contribution in [0.15, 0.2) is 82.4 Å². The monoisotopic (exact) mass is 528 g/mol. The Morgan fingerprint density at radius 2 is 1.62 bits per heavy atom. The average Bonchev–Trinajstić information content (AvgIpc) is 2.74. The Balaban J connectivity index is 1.52. The lowest BCUT2D eigenvalue weighted by molar-refractivity contribution is 0.598. The van der Waals surface area contributed by atoms with Gasteiger partial charge in [-0.1, -0.05) is 22.0 Å². The minimum Gasteiger partial charge on any atom is -0.340 e. The van der Waals surface area contributed by atoms with Gasteiger partial charge in [-0.3, -0.25) is 0 Å². The molecule has 1 aromatic heterocycles. The molecule has 4 rings (SSSR count). The average molecular weight is 529 g/mol. The highest BCUT2D eigenvalue weighted by Crippen LogP contribution is 2.27. The maximum absolute atomic E-state index is 11.4. The molecule has 0 aliphatic heterocycles. The van der Waals surface area contributed by atoms with Gasteiger partial charge in [-0.15, -0.1) is 0 Å². The fraction of sp³-hybridized carbons (Fsp3) is 0. The predicted molar refractivity (Wildman–Crippen MR) is 135 cm³/mol. The van der Waals surface area contributed by atoms with Crippen molar-refractivity contribution in [2.45, 2.75) is 4.90 Å². The van der Waals surface area contributed by atoms with Gasteiger partial charge in [0.15, 0.2) is 5.11 Å². The van der Waals surface area contributed by atoms with E-state index >= 15 is 0 Å². The van der Waals surface area contributed by atoms with Gasteiger partial charge in [0.2, 0.25) is 10.0 Å². The molecule has 0 bridgehead atoms. The minimum atomic E-state index is -3.74. The summed E-state index contributed by atoms with van der Waals surface area (Å²) in [6.07, 6.45) is 1.51. The Bertz CT molecular complexity index is 1410. The number of hydrogen-bond donors (Lipinski definition) is 4. The molecule has 0 atom stereocenters. The van der Waals surface area contributed by atoms with Gasteiger partial charge in [-0.2, -0.15) is 0 Å². The van der Waals surface area contributed by atoms with Crippen LogP contribution >= 0.6 is 28.1 Å². The molecule has 1 heterocycles. The normalized spacial score (nSPS) is 11.2. The molecule has 0 aliphatic rings. The van der Waals surface area contributed by atoms with Gasteiger partial charge in [0, 0.05) is 26.9 Å². The van der Waals surface area contributed by atoms with Gasteiger partial charge in [0.1, 0.15) is 12.1 Å². The first-order chi connectivity index (χ1) is 15.3. The van der Waals surface area contributed by atoms with Crippen molar-refractivity contribution in [3.63, 3.8) is 0 Å². The molecule has 3 aromatic carbocycles. The number of benzene rings is 3. The molecule has 0 amide bonds. The molecule has 0 spiro atoms. The summed E-state index contributed by atoms with van der Waals surface area (Å²) in [5.74, 6) is 0.661. The Kier molecular flexibility index (Phi) is 6.33. The van der Waals surface area contributed by atoms with E-state index in [1.807, 2.05) is 42.5 Å². The third-order valence-corrected chi connectivity index (χ3v) is 6.05. The minimum absolute atomic E-state index is 0.0296. The maximum Gasteiger partial charge on any atom is 0.238 e. The van der Waals surface area contributed by atoms with E-state index in [-0.39, 0.29) is 4.90 Å². The smallest absolute Gasteiger partial charge is 0.238 e. The molecular formula is C21H17BrN6O2S2. The van der Waals surface area contributed by atoms with Crippen LogP contribution in [0.3, 0.4) is 0 Å². The van der Waals surface area contributed by atoms with Crippen molar-refractivity contribution in [2.24, 2.45) is 5.14 Å². The largest absolute Gasteiger partial charge is 0.340 e. The summed E-state index contributed by atoms with van der Waals surface area (Å²) in [6, 6.07) is 19.4. The molecule has 8 nitrogen and oxygen atoms in total. The number of nitrogens with two attached hydrogens (primary N) is 1. The third kappa shape index (κ3) is 5.37. The van der Waals surface area contributed by atoms with Gasteiger partial charge >= 0.3 is 0 Å². The maximum atomic E-state index is 11.4. The van der Waals surface area contributed by atoms with Crippen molar-refractivity contribution in [3.05, 3.63) is 77.5 Å². The molecule has 0 radical (unpaired) electrons. The summed E-state index contributed by atoms with van der Waals surface area (Å²) in [4.78, 5) is 8.73. The lowest BCUT2D eigenvalue weighted by Gasteiger charge is -2.13. The summed E-state index contributed by atoms with van der Waals surface area (Å²) in [6.45, 7) is 0. The lowest BCUT2D eigenvalue weighted by Crippen LogP contribution is -2.19. The molecule has 0 saturated carbocycles. The molecule has 4 aromatic rings. The van der Waals surface area contributed by atoms with E-state index in [1.165, 1.54) is 18.5 Å². The first kappa shape index (κ1) is 22.1. The highest BCUT2D eigenvalue weighted by atomic mass is 79.9. The van der Waals surface area contributed by atoms with E-state index in [0.29, 0.717) is 16.6 Å². The summed E-state index contributed by atoms with van der Waals surface area (Å²) in [5, 5.41) is 15.7. The molecule has 162 valence electrons. The number of sulfonamides is 1. The second-order valence-corrected chi connectivity index (χ2v) is 9.62. The van der Waals surface area contributed by atoms with Crippen molar-refractivity contribution in [3.8, 4) is 0 Å². The lowest BCUT2D eigenvalue weighted by atomic mass is 10.2. The molecule has 0 unspecified atom stereocenters. The van der Waals surface area contributed by atoms with Crippen LogP contribution in [0, 0.1) is 0 Å². The van der Waals surface area contributed by atoms with Crippen LogP contribution in [0.5, 0.6) is 0 Å². The first-order valence-corrected chi connectivity index (χ1v) is 12.0. The Labute approximate surface area is 198 Å². The molecule has 32 heavy (non-hydrogen) atoms. The van der Waals surface area contributed by atoms with Crippen LogP contribution in [-0.4, -0.2) is 23.5 Å². The Hall–Kier alpha value is -3.12. The summed E-state index contributed by atoms with van der Waals surface area (Å²) in [5.41, 5.74) is 3.03. The Morgan fingerprint density at radius 1 is 0.906 bits per heavy atom. The number of thiocarbonyl (C=S) groups is 1. The number of anilines is 4. The van der Waals surface area contributed by atoms with E-state index in [2.05, 4.69) is 41.8 Å². The fourth-order valence-electron chi connectivity index (χ4n) is 2.96. The molecular weight excluding hydrogens is 512 g/mol. The number of primary sulfonamides is 1. The summed E-state index contributed by atoms with van der Waals surface area (Å²) in [7, 11) is -3.74. The van der Waals surface area contributed by atoms with E-state index in [1.54, 1.807) is 12.1 Å². The molecule has 5 N–H and O–H groups in total. The van der Waals surface area contributed by atoms with Gasteiger partial charge in [-0.25, -0.2) is 23.5 Å². The second kappa shape index (κ2) is 9.17. The van der Waals surface area contributed by atoms with Crippen LogP contribution < -0.4 is 21.1 Å². The van der Waals surface area contributed by atoms with Crippen molar-refractivity contribution in [2.75, 3.05) is 16.0 Å². The summed E-state index contributed by atoms with van der Waals surface area (Å²) >= 11 is 8.85. The standard InChI is InChI=1S/C21H17BrN6O2S2/c22-13-2-1-3-15(10-13)26-20-18-11-16(6-9-19(18)24-12-25-20)28-21(31)27-14-4-7-17(8-5-14)32(23,29)30/h1-12H,(H2,23,29,30)(H,24,25,26)(H2,27,28,31). The number of hydrogen-bond acceptors (Lipinski definition) is 6. The topological polar surface area (TPSA) is 122 Å². The quantitative estimate of drug-likeness (QED) is 0.277. The van der Waals surface area contributed by atoms with E-state index in [9.17, 15) is 8.42 Å². The second-order valence-electron chi connectivity index (χ2n) is 6.74. The predicted octanol–water partition coefficient (Wildman–Crippen LogP) is 4.59. The fourth-order valence-corrected chi connectivity index (χ4v) is 4.11. The SMILES string of the molecule is NS(=O)(=O)c1ccc(NC(=S)Nc2ccc3ncnc(Nc4cccc(Br)c4)c3c2)cc1. The summed E-state index contributed by atoms with van der Waals surface area (Å²) < 4.78 is 23.7. The molecule has 0 saturated heterocycles. The molecule has 11 heteroatoms. The van der Waals surface area contributed by atoms with Crippen LogP contribution in [0.2, 0.25) is 0 Å². The zero-order valence-electron chi connectivity index (χ0n) is 16.4. The third-order valence-electron chi connectivity index (χ3n) is 4.42. The highest BCUT2D eigenvalue weighted by Gasteiger charge is 2.09. The van der Waals surface area contributed by atoms with Gasteiger partial charge in [0.05, 0.1) is 10.4 Å². The van der Waals surface area contributed by atoms with Crippen molar-refractivity contribution in [1.82, 2.24) is 9.97 Å². The highest BCUT2D eigenvalue weighted by molar-refractivity contribution is 9.10. The van der Waals surface area contributed by atoms with Crippen LogP contribution in [0.4, 0.5) is 22.9 Å². The number of halogens is 1. The number of aromatic nitrogens is 2. The van der Waals surface area contributed by atoms with Gasteiger partial charge in [0.25, 0.3) is 0 Å². The number of rotatable bonds is 5.